The minimum atomic E-state index is -3.95. The zero-order chi connectivity index (χ0) is 29.8. The maximum absolute atomic E-state index is 13.4. The van der Waals surface area contributed by atoms with Crippen LogP contribution < -0.4 is 9.45 Å². The standard InChI is InChI=1S/C32H29N3O6S2/c36-20-22-12-14-23(15-13-22)28-19-27(21-42-30-11-1-2-17-35(30)37)40-32(41-28)25-7-3-9-26(18-25)34-43(38,39)29-10-4-6-24-8-5-16-33-31(24)29/h1-18,27-28,32,34,36H,19-21H2/t27-,28+,32?/m0/s1. The molecule has 0 saturated carbocycles. The number of benzene rings is 3. The Bertz CT molecular complexity index is 1830. The van der Waals surface area contributed by atoms with E-state index in [0.717, 1.165) is 21.2 Å². The Hall–Kier alpha value is -4.00. The van der Waals surface area contributed by atoms with Crippen LogP contribution in [0.2, 0.25) is 0 Å². The number of thioether (sulfide) groups is 1. The molecule has 1 aliphatic heterocycles. The lowest BCUT2D eigenvalue weighted by Gasteiger charge is -2.36. The summed E-state index contributed by atoms with van der Waals surface area (Å²) in [4.78, 5) is 4.37. The first-order valence-electron chi connectivity index (χ1n) is 13.7. The van der Waals surface area contributed by atoms with E-state index in [1.807, 2.05) is 48.5 Å². The summed E-state index contributed by atoms with van der Waals surface area (Å²) in [7, 11) is -3.95. The molecule has 2 N–H and O–H groups in total. The third-order valence-corrected chi connectivity index (χ3v) is 9.68. The first-order chi connectivity index (χ1) is 20.9. The summed E-state index contributed by atoms with van der Waals surface area (Å²) >= 11 is 1.40. The smallest absolute Gasteiger partial charge is 0.264 e. The van der Waals surface area contributed by atoms with Gasteiger partial charge in [0.1, 0.15) is 4.90 Å². The lowest BCUT2D eigenvalue weighted by molar-refractivity contribution is -0.645. The number of pyridine rings is 2. The Kier molecular flexibility index (Phi) is 8.59. The van der Waals surface area contributed by atoms with Gasteiger partial charge in [0.05, 0.1) is 24.3 Å². The number of hydrogen-bond acceptors (Lipinski definition) is 8. The quantitative estimate of drug-likeness (QED) is 0.127. The Morgan fingerprint density at radius 3 is 2.58 bits per heavy atom. The molecule has 1 saturated heterocycles. The molecule has 1 aliphatic rings. The number of ether oxygens (including phenoxy) is 2. The van der Waals surface area contributed by atoms with Gasteiger partial charge in [0.2, 0.25) is 0 Å². The van der Waals surface area contributed by atoms with E-state index in [-0.39, 0.29) is 23.7 Å². The number of aromatic nitrogens is 2. The van der Waals surface area contributed by atoms with E-state index in [1.54, 1.807) is 48.7 Å². The van der Waals surface area contributed by atoms with Crippen LogP contribution in [-0.2, 0) is 26.1 Å². The molecule has 1 unspecified atom stereocenters. The molecule has 5 aromatic rings. The molecule has 0 radical (unpaired) electrons. The molecule has 3 atom stereocenters. The fourth-order valence-electron chi connectivity index (χ4n) is 4.98. The predicted octanol–water partition coefficient (Wildman–Crippen LogP) is 5.50. The lowest BCUT2D eigenvalue weighted by atomic mass is 10.0. The highest BCUT2D eigenvalue weighted by Gasteiger charge is 2.33. The second-order valence-electron chi connectivity index (χ2n) is 10.1. The molecule has 6 rings (SSSR count). The fourth-order valence-corrected chi connectivity index (χ4v) is 7.14. The van der Waals surface area contributed by atoms with Crippen molar-refractivity contribution in [2.75, 3.05) is 10.5 Å². The van der Waals surface area contributed by atoms with Gasteiger partial charge in [-0.1, -0.05) is 66.4 Å². The fraction of sp³-hybridized carbons (Fsp3) is 0.188. The zero-order valence-corrected chi connectivity index (χ0v) is 24.6. The molecule has 11 heteroatoms. The van der Waals surface area contributed by atoms with Crippen molar-refractivity contribution < 1.29 is 27.7 Å². The molecule has 2 aromatic heterocycles. The van der Waals surface area contributed by atoms with Gasteiger partial charge in [0.25, 0.3) is 15.0 Å². The SMILES string of the molecule is O=S(=O)(Nc1cccc(C2O[C@H](CSc3cccc[n+]3[O-])C[C@H](c3ccc(CO)cc3)O2)c1)c1cccc2cccnc12. The molecule has 0 aliphatic carbocycles. The first-order valence-corrected chi connectivity index (χ1v) is 16.1. The van der Waals surface area contributed by atoms with E-state index in [0.29, 0.717) is 34.0 Å². The zero-order valence-electron chi connectivity index (χ0n) is 22.9. The van der Waals surface area contributed by atoms with Crippen LogP contribution in [0.3, 0.4) is 0 Å². The Morgan fingerprint density at radius 2 is 1.77 bits per heavy atom. The summed E-state index contributed by atoms with van der Waals surface area (Å²) in [5.74, 6) is 0.512. The average molecular weight is 616 g/mol. The number of anilines is 1. The number of fused-ring (bicyclic) bond motifs is 1. The van der Waals surface area contributed by atoms with E-state index in [2.05, 4.69) is 9.71 Å². The Labute approximate surface area is 253 Å². The number of aliphatic hydroxyl groups is 1. The molecule has 3 aromatic carbocycles. The van der Waals surface area contributed by atoms with Crippen molar-refractivity contribution in [3.05, 3.63) is 131 Å². The largest absolute Gasteiger partial charge is 0.618 e. The molecule has 43 heavy (non-hydrogen) atoms. The molecular weight excluding hydrogens is 587 g/mol. The Balaban J connectivity index is 1.26. The van der Waals surface area contributed by atoms with E-state index in [1.165, 1.54) is 24.0 Å². The maximum Gasteiger partial charge on any atom is 0.264 e. The van der Waals surface area contributed by atoms with Crippen molar-refractivity contribution in [3.8, 4) is 0 Å². The third kappa shape index (κ3) is 6.66. The lowest BCUT2D eigenvalue weighted by Crippen LogP contribution is -2.32. The van der Waals surface area contributed by atoms with E-state index in [9.17, 15) is 18.7 Å². The van der Waals surface area contributed by atoms with Gasteiger partial charge in [-0.15, -0.1) is 0 Å². The summed E-state index contributed by atoms with van der Waals surface area (Å²) in [6.45, 7) is -0.0549. The summed E-state index contributed by atoms with van der Waals surface area (Å²) in [6.07, 6.45) is 2.19. The van der Waals surface area contributed by atoms with Crippen molar-refractivity contribution in [2.24, 2.45) is 0 Å². The summed E-state index contributed by atoms with van der Waals surface area (Å²) < 4.78 is 43.2. The second kappa shape index (κ2) is 12.7. The van der Waals surface area contributed by atoms with Crippen molar-refractivity contribution in [1.29, 1.82) is 0 Å². The van der Waals surface area contributed by atoms with Gasteiger partial charge >= 0.3 is 0 Å². The number of nitrogens with one attached hydrogen (secondary N) is 1. The van der Waals surface area contributed by atoms with Crippen LogP contribution in [0.1, 0.15) is 35.5 Å². The summed E-state index contributed by atoms with van der Waals surface area (Å²) in [5, 5.41) is 23.0. The normalized spacial score (nSPS) is 18.9. The van der Waals surface area contributed by atoms with Crippen LogP contribution in [-0.4, -0.2) is 30.4 Å². The third-order valence-electron chi connectivity index (χ3n) is 7.12. The van der Waals surface area contributed by atoms with E-state index < -0.39 is 16.3 Å². The van der Waals surface area contributed by atoms with Crippen LogP contribution in [0, 0.1) is 5.21 Å². The van der Waals surface area contributed by atoms with Crippen molar-refractivity contribution in [1.82, 2.24) is 4.98 Å². The molecule has 220 valence electrons. The minimum Gasteiger partial charge on any atom is -0.618 e. The molecule has 3 heterocycles. The summed E-state index contributed by atoms with van der Waals surface area (Å²) in [6, 6.07) is 28.4. The van der Waals surface area contributed by atoms with Crippen molar-refractivity contribution >= 4 is 38.4 Å². The van der Waals surface area contributed by atoms with Gasteiger partial charge in [-0.25, -0.2) is 8.42 Å². The van der Waals surface area contributed by atoms with E-state index >= 15 is 0 Å². The van der Waals surface area contributed by atoms with Gasteiger partial charge < -0.3 is 19.8 Å². The predicted molar refractivity (Wildman–Crippen MR) is 164 cm³/mol. The van der Waals surface area contributed by atoms with Crippen molar-refractivity contribution in [2.45, 2.75) is 41.4 Å². The molecule has 0 bridgehead atoms. The van der Waals surface area contributed by atoms with Crippen LogP contribution >= 0.6 is 11.8 Å². The number of hydrogen-bond donors (Lipinski definition) is 2. The highest BCUT2D eigenvalue weighted by atomic mass is 32.2. The van der Waals surface area contributed by atoms with Crippen LogP contribution in [0.25, 0.3) is 10.9 Å². The van der Waals surface area contributed by atoms with Gasteiger partial charge in [-0.3, -0.25) is 9.71 Å². The number of sulfonamides is 1. The number of para-hydroxylation sites is 1. The topological polar surface area (TPSA) is 125 Å². The minimum absolute atomic E-state index is 0.0549. The van der Waals surface area contributed by atoms with Gasteiger partial charge in [-0.05, 0) is 41.5 Å². The van der Waals surface area contributed by atoms with Gasteiger partial charge in [0, 0.05) is 47.1 Å². The second-order valence-corrected chi connectivity index (χ2v) is 12.8. The Morgan fingerprint density at radius 1 is 0.953 bits per heavy atom. The van der Waals surface area contributed by atoms with Crippen LogP contribution in [0.5, 0.6) is 0 Å². The highest BCUT2D eigenvalue weighted by molar-refractivity contribution is 7.99. The summed E-state index contributed by atoms with van der Waals surface area (Å²) in [5.41, 5.74) is 3.11. The van der Waals surface area contributed by atoms with Crippen LogP contribution in [0.15, 0.2) is 119 Å². The molecular formula is C32H29N3O6S2. The molecule has 0 spiro atoms. The first kappa shape index (κ1) is 29.1. The molecule has 0 amide bonds. The molecule has 9 nitrogen and oxygen atoms in total. The number of aliphatic hydroxyl groups excluding tert-OH is 1. The van der Waals surface area contributed by atoms with Crippen LogP contribution in [0.4, 0.5) is 5.69 Å². The van der Waals surface area contributed by atoms with E-state index in [4.69, 9.17) is 9.47 Å². The average Bonchev–Trinajstić information content (AvgIpc) is 3.04. The number of nitrogens with zero attached hydrogens (tertiary/aromatic N) is 2. The highest BCUT2D eigenvalue weighted by Crippen LogP contribution is 2.40. The van der Waals surface area contributed by atoms with Crippen molar-refractivity contribution in [3.63, 3.8) is 0 Å². The monoisotopic (exact) mass is 615 g/mol. The van der Waals surface area contributed by atoms with Gasteiger partial charge in [-0.2, -0.15) is 4.73 Å². The number of rotatable bonds is 9. The maximum atomic E-state index is 13.4. The van der Waals surface area contributed by atoms with Gasteiger partial charge in [0.15, 0.2) is 12.5 Å². The molecule has 1 fully saturated rings.